The van der Waals surface area contributed by atoms with Gasteiger partial charge in [0.25, 0.3) is 0 Å². The number of aliphatic carboxylic acids is 1. The van der Waals surface area contributed by atoms with Crippen molar-refractivity contribution in [1.82, 2.24) is 16.0 Å². The van der Waals surface area contributed by atoms with Gasteiger partial charge in [0, 0.05) is 51.5 Å². The third kappa shape index (κ3) is 24.7. The van der Waals surface area contributed by atoms with E-state index in [1.807, 2.05) is 54.6 Å². The number of esters is 1. The molecule has 1 aliphatic rings. The number of ether oxygens (including phenoxy) is 5. The summed E-state index contributed by atoms with van der Waals surface area (Å²) in [5.41, 5.74) is 5.58. The molecule has 3 aromatic rings. The fourth-order valence-electron chi connectivity index (χ4n) is 8.35. The lowest BCUT2D eigenvalue weighted by molar-refractivity contribution is -0.149. The number of carboxylic acids is 1. The van der Waals surface area contributed by atoms with Gasteiger partial charge in [-0.3, -0.25) is 14.4 Å². The van der Waals surface area contributed by atoms with Gasteiger partial charge in [-0.2, -0.15) is 0 Å². The van der Waals surface area contributed by atoms with Gasteiger partial charge in [-0.15, -0.1) is 0 Å². The Morgan fingerprint density at radius 3 is 1.52 bits per heavy atom. The summed E-state index contributed by atoms with van der Waals surface area (Å²) in [7, 11) is 0. The Morgan fingerprint density at radius 1 is 0.493 bits per heavy atom. The van der Waals surface area contributed by atoms with E-state index in [1.54, 1.807) is 0 Å². The molecule has 0 bridgehead atoms. The van der Waals surface area contributed by atoms with Gasteiger partial charge in [0.2, 0.25) is 11.8 Å². The topological polar surface area (TPSA) is 188 Å². The Bertz CT molecular complexity index is 1870. The van der Waals surface area contributed by atoms with E-state index >= 15 is 0 Å². The van der Waals surface area contributed by atoms with Crippen LogP contribution in [0.4, 0.5) is 4.79 Å². The molecule has 0 heterocycles. The van der Waals surface area contributed by atoms with Crippen LogP contribution in [-0.2, 0) is 49.5 Å². The number of benzene rings is 3. The number of amides is 3. The quantitative estimate of drug-likeness (QED) is 0.0314. The van der Waals surface area contributed by atoms with E-state index in [4.69, 9.17) is 28.8 Å². The molecule has 0 saturated heterocycles. The standard InChI is InChI=1S/C55H79N3O11/c59-51(56-34-22-36-65-38-40-67-41-39-66-37-23-35-57-55(64)69-43-49-47-28-20-18-26-45(47)46-27-19-21-29-48(46)49)33-32-50(54(63)68-42-44-24-14-13-15-25-44)58-52(60)30-16-11-9-7-5-3-1-2-4-6-8-10-12-17-31-53(61)62/h13-15,18-21,24-29,49-50H,1-12,16-17,22-23,30-43H2,(H,56,59)(H,57,64)(H,58,60)(H,61,62). The number of carbonyl (C=O) groups is 5. The number of carboxylic acid groups (broad SMARTS) is 1. The molecule has 3 aromatic carbocycles. The number of rotatable bonds is 40. The van der Waals surface area contributed by atoms with E-state index in [1.165, 1.54) is 67.2 Å². The SMILES string of the molecule is O=C(O)CCCCCCCCCCCCCCCCC(=O)NC(CCC(=O)NCCCOCCOCCOCCCNC(=O)OCC1c2ccccc2-c2ccccc21)C(=O)OCc1ccccc1. The van der Waals surface area contributed by atoms with Gasteiger partial charge in [-0.05, 0) is 59.9 Å². The van der Waals surface area contributed by atoms with Gasteiger partial charge >= 0.3 is 18.0 Å². The fourth-order valence-corrected chi connectivity index (χ4v) is 8.35. The Morgan fingerprint density at radius 2 is 0.971 bits per heavy atom. The van der Waals surface area contributed by atoms with Crippen molar-refractivity contribution in [3.63, 3.8) is 0 Å². The van der Waals surface area contributed by atoms with Crippen molar-refractivity contribution in [2.24, 2.45) is 0 Å². The number of hydrogen-bond donors (Lipinski definition) is 4. The summed E-state index contributed by atoms with van der Waals surface area (Å²) >= 11 is 0. The summed E-state index contributed by atoms with van der Waals surface area (Å²) in [6.45, 7) is 3.82. The zero-order chi connectivity index (χ0) is 49.0. The molecule has 0 radical (unpaired) electrons. The summed E-state index contributed by atoms with van der Waals surface area (Å²) in [5, 5.41) is 17.2. The second-order valence-corrected chi connectivity index (χ2v) is 17.7. The highest BCUT2D eigenvalue weighted by molar-refractivity contribution is 5.85. The van der Waals surface area contributed by atoms with Gasteiger partial charge in [0.05, 0.1) is 26.4 Å². The maximum absolute atomic E-state index is 13.1. The molecular formula is C55H79N3O11. The molecule has 69 heavy (non-hydrogen) atoms. The molecule has 1 aliphatic carbocycles. The number of fused-ring (bicyclic) bond motifs is 3. The molecule has 1 atom stereocenters. The monoisotopic (exact) mass is 958 g/mol. The molecule has 0 aromatic heterocycles. The van der Waals surface area contributed by atoms with Crippen molar-refractivity contribution < 1.29 is 52.8 Å². The van der Waals surface area contributed by atoms with Crippen LogP contribution >= 0.6 is 0 Å². The van der Waals surface area contributed by atoms with Crippen LogP contribution < -0.4 is 16.0 Å². The third-order valence-corrected chi connectivity index (χ3v) is 12.2. The first-order valence-electron chi connectivity index (χ1n) is 25.6. The second-order valence-electron chi connectivity index (χ2n) is 17.7. The summed E-state index contributed by atoms with van der Waals surface area (Å²) in [6, 6.07) is 24.9. The van der Waals surface area contributed by atoms with Crippen LogP contribution in [0.15, 0.2) is 78.9 Å². The number of carbonyl (C=O) groups excluding carboxylic acids is 4. The molecule has 1 unspecified atom stereocenters. The van der Waals surface area contributed by atoms with Crippen molar-refractivity contribution in [3.05, 3.63) is 95.6 Å². The third-order valence-electron chi connectivity index (χ3n) is 12.2. The van der Waals surface area contributed by atoms with Crippen LogP contribution in [0.25, 0.3) is 11.1 Å². The summed E-state index contributed by atoms with van der Waals surface area (Å²) in [6.07, 6.45) is 17.0. The predicted octanol–water partition coefficient (Wildman–Crippen LogP) is 9.81. The molecule has 0 fully saturated rings. The number of hydrogen-bond acceptors (Lipinski definition) is 10. The van der Waals surface area contributed by atoms with Gasteiger partial charge in [-0.1, -0.05) is 156 Å². The van der Waals surface area contributed by atoms with E-state index in [9.17, 15) is 24.0 Å². The minimum Gasteiger partial charge on any atom is -0.481 e. The van der Waals surface area contributed by atoms with Crippen LogP contribution in [0.5, 0.6) is 0 Å². The average Bonchev–Trinajstić information content (AvgIpc) is 3.68. The minimum absolute atomic E-state index is 0.0245. The van der Waals surface area contributed by atoms with Crippen molar-refractivity contribution in [3.8, 4) is 11.1 Å². The lowest BCUT2D eigenvalue weighted by Crippen LogP contribution is -2.42. The molecule has 380 valence electrons. The van der Waals surface area contributed by atoms with Gasteiger partial charge in [0.1, 0.15) is 19.3 Å². The maximum Gasteiger partial charge on any atom is 0.407 e. The average molecular weight is 958 g/mol. The van der Waals surface area contributed by atoms with Crippen LogP contribution in [-0.4, -0.2) is 100 Å². The lowest BCUT2D eigenvalue weighted by Gasteiger charge is -2.18. The maximum atomic E-state index is 13.1. The van der Waals surface area contributed by atoms with Crippen molar-refractivity contribution >= 4 is 29.8 Å². The largest absolute Gasteiger partial charge is 0.481 e. The molecular weight excluding hydrogens is 879 g/mol. The number of nitrogens with one attached hydrogen (secondary N) is 3. The Balaban J connectivity index is 0.947. The van der Waals surface area contributed by atoms with E-state index < -0.39 is 24.1 Å². The van der Waals surface area contributed by atoms with Crippen LogP contribution in [0, 0.1) is 0 Å². The normalized spacial score (nSPS) is 12.2. The molecule has 14 heteroatoms. The first kappa shape index (κ1) is 56.3. The number of unbranched alkanes of at least 4 members (excludes halogenated alkanes) is 13. The molecule has 14 nitrogen and oxygen atoms in total. The fraction of sp³-hybridized carbons (Fsp3) is 0.582. The number of alkyl carbamates (subject to hydrolysis) is 1. The van der Waals surface area contributed by atoms with Gasteiger partial charge in [0.15, 0.2) is 0 Å². The van der Waals surface area contributed by atoms with Crippen molar-refractivity contribution in [2.75, 3.05) is 59.3 Å². The van der Waals surface area contributed by atoms with Crippen LogP contribution in [0.3, 0.4) is 0 Å². The summed E-state index contributed by atoms with van der Waals surface area (Å²) in [4.78, 5) is 61.6. The Kier molecular flexibility index (Phi) is 29.2. The van der Waals surface area contributed by atoms with Gasteiger partial charge in [-0.25, -0.2) is 9.59 Å². The minimum atomic E-state index is -0.920. The molecule has 3 amide bonds. The Hall–Kier alpha value is -5.31. The summed E-state index contributed by atoms with van der Waals surface area (Å²) < 4.78 is 27.9. The first-order chi connectivity index (χ1) is 33.8. The highest BCUT2D eigenvalue weighted by Gasteiger charge is 2.29. The molecule has 0 aliphatic heterocycles. The Labute approximate surface area is 410 Å². The van der Waals surface area contributed by atoms with Crippen molar-refractivity contribution in [2.45, 2.75) is 147 Å². The predicted molar refractivity (Wildman–Crippen MR) is 267 cm³/mol. The van der Waals surface area contributed by atoms with E-state index in [0.29, 0.717) is 72.0 Å². The van der Waals surface area contributed by atoms with Crippen molar-refractivity contribution in [1.29, 1.82) is 0 Å². The molecule has 0 saturated carbocycles. The lowest BCUT2D eigenvalue weighted by atomic mass is 9.98. The van der Waals surface area contributed by atoms with Crippen LogP contribution in [0.1, 0.15) is 151 Å². The summed E-state index contributed by atoms with van der Waals surface area (Å²) in [5.74, 6) is -1.67. The first-order valence-corrected chi connectivity index (χ1v) is 25.6. The highest BCUT2D eigenvalue weighted by atomic mass is 16.6. The smallest absolute Gasteiger partial charge is 0.407 e. The second kappa shape index (κ2) is 35.8. The zero-order valence-corrected chi connectivity index (χ0v) is 40.9. The van der Waals surface area contributed by atoms with Gasteiger partial charge < -0.3 is 44.7 Å². The zero-order valence-electron chi connectivity index (χ0n) is 40.9. The van der Waals surface area contributed by atoms with E-state index in [2.05, 4.69) is 40.2 Å². The molecule has 0 spiro atoms. The molecule has 4 rings (SSSR count). The van der Waals surface area contributed by atoms with E-state index in [0.717, 1.165) is 50.5 Å². The molecule has 4 N–H and O–H groups in total. The van der Waals surface area contributed by atoms with E-state index in [-0.39, 0.29) is 50.2 Å². The highest BCUT2D eigenvalue weighted by Crippen LogP contribution is 2.44. The van der Waals surface area contributed by atoms with Crippen LogP contribution in [0.2, 0.25) is 0 Å².